The molecule has 1 unspecified atom stereocenters. The van der Waals surface area contributed by atoms with E-state index in [2.05, 4.69) is 10.2 Å². The first-order valence-electron chi connectivity index (χ1n) is 7.86. The maximum atomic E-state index is 12.7. The van der Waals surface area contributed by atoms with Crippen molar-refractivity contribution in [3.63, 3.8) is 0 Å². The van der Waals surface area contributed by atoms with Gasteiger partial charge in [0.05, 0.1) is 10.9 Å². The van der Waals surface area contributed by atoms with Crippen molar-refractivity contribution in [1.82, 2.24) is 19.0 Å². The zero-order valence-corrected chi connectivity index (χ0v) is 14.3. The molecule has 0 aliphatic carbocycles. The van der Waals surface area contributed by atoms with Gasteiger partial charge in [0.15, 0.2) is 0 Å². The molecule has 0 saturated carbocycles. The van der Waals surface area contributed by atoms with Crippen LogP contribution in [0.3, 0.4) is 0 Å². The van der Waals surface area contributed by atoms with Crippen molar-refractivity contribution in [1.29, 1.82) is 0 Å². The maximum Gasteiger partial charge on any atom is 0.267 e. The summed E-state index contributed by atoms with van der Waals surface area (Å²) in [6, 6.07) is 17.6. The second-order valence-electron chi connectivity index (χ2n) is 5.78. The molecule has 25 heavy (non-hydrogen) atoms. The van der Waals surface area contributed by atoms with Crippen LogP contribution in [0.25, 0.3) is 11.0 Å². The minimum absolute atomic E-state index is 0.181. The smallest absolute Gasteiger partial charge is 0.249 e. The van der Waals surface area contributed by atoms with Gasteiger partial charge in [-0.2, -0.15) is 15.0 Å². The molecule has 126 valence electrons. The van der Waals surface area contributed by atoms with Crippen LogP contribution in [0.15, 0.2) is 78.0 Å². The Balaban J connectivity index is 1.69. The minimum atomic E-state index is -3.59. The molecule has 2 aromatic carbocycles. The molecule has 2 aromatic heterocycles. The Bertz CT molecular complexity index is 1100. The van der Waals surface area contributed by atoms with E-state index in [1.165, 1.54) is 3.97 Å². The molecular formula is C18H16N4O2S. The summed E-state index contributed by atoms with van der Waals surface area (Å²) in [6.45, 7) is 1.94. The van der Waals surface area contributed by atoms with E-state index >= 15 is 0 Å². The average molecular weight is 352 g/mol. The third-order valence-electron chi connectivity index (χ3n) is 4.14. The van der Waals surface area contributed by atoms with Crippen LogP contribution in [0.5, 0.6) is 0 Å². The Labute approximate surface area is 145 Å². The third-order valence-corrected chi connectivity index (χ3v) is 5.79. The van der Waals surface area contributed by atoms with Crippen molar-refractivity contribution in [2.24, 2.45) is 0 Å². The number of benzene rings is 2. The Morgan fingerprint density at radius 2 is 1.48 bits per heavy atom. The number of aromatic nitrogens is 4. The highest BCUT2D eigenvalue weighted by atomic mass is 32.2. The van der Waals surface area contributed by atoms with E-state index in [9.17, 15) is 8.42 Å². The predicted octanol–water partition coefficient (Wildman–Crippen LogP) is 3.08. The first kappa shape index (κ1) is 15.6. The van der Waals surface area contributed by atoms with Gasteiger partial charge < -0.3 is 0 Å². The topological polar surface area (TPSA) is 69.8 Å². The summed E-state index contributed by atoms with van der Waals surface area (Å²) in [4.78, 5) is 1.87. The highest BCUT2D eigenvalue weighted by molar-refractivity contribution is 7.90. The molecule has 0 amide bonds. The lowest BCUT2D eigenvalue weighted by Crippen LogP contribution is -2.12. The van der Waals surface area contributed by atoms with Crippen LogP contribution in [0.2, 0.25) is 0 Å². The molecule has 0 spiro atoms. The van der Waals surface area contributed by atoms with E-state index < -0.39 is 10.0 Å². The maximum absolute atomic E-state index is 12.7. The standard InChI is InChI=1S/C18H16N4O2S/c1-14(22-19-17-9-5-6-10-18(17)20-22)15-11-12-21(13-15)25(23,24)16-7-3-2-4-8-16/h2-14H,1H3. The van der Waals surface area contributed by atoms with Crippen LogP contribution >= 0.6 is 0 Å². The van der Waals surface area contributed by atoms with Crippen molar-refractivity contribution in [2.45, 2.75) is 17.9 Å². The molecule has 0 bridgehead atoms. The molecular weight excluding hydrogens is 336 g/mol. The lowest BCUT2D eigenvalue weighted by molar-refractivity contribution is 0.499. The van der Waals surface area contributed by atoms with Crippen LogP contribution in [0.4, 0.5) is 0 Å². The van der Waals surface area contributed by atoms with Crippen molar-refractivity contribution in [2.75, 3.05) is 0 Å². The Kier molecular flexibility index (Phi) is 3.65. The van der Waals surface area contributed by atoms with E-state index in [1.54, 1.807) is 53.6 Å². The fourth-order valence-electron chi connectivity index (χ4n) is 2.69. The normalized spacial score (nSPS) is 13.2. The molecule has 0 fully saturated rings. The number of hydrogen-bond acceptors (Lipinski definition) is 4. The van der Waals surface area contributed by atoms with E-state index in [0.29, 0.717) is 0 Å². The van der Waals surface area contributed by atoms with Crippen molar-refractivity contribution in [3.8, 4) is 0 Å². The molecule has 0 aliphatic heterocycles. The minimum Gasteiger partial charge on any atom is -0.249 e. The van der Waals surface area contributed by atoms with Gasteiger partial charge in [0.2, 0.25) is 0 Å². The lowest BCUT2D eigenvalue weighted by Gasteiger charge is -2.09. The summed E-state index contributed by atoms with van der Waals surface area (Å²) in [6.07, 6.45) is 3.17. The van der Waals surface area contributed by atoms with E-state index in [-0.39, 0.29) is 10.9 Å². The summed E-state index contributed by atoms with van der Waals surface area (Å²) in [5.41, 5.74) is 2.44. The van der Waals surface area contributed by atoms with Gasteiger partial charge in [0.1, 0.15) is 11.0 Å². The fourth-order valence-corrected chi connectivity index (χ4v) is 3.91. The van der Waals surface area contributed by atoms with Crippen LogP contribution < -0.4 is 0 Å². The quantitative estimate of drug-likeness (QED) is 0.566. The van der Waals surface area contributed by atoms with Gasteiger partial charge in [-0.05, 0) is 42.8 Å². The van der Waals surface area contributed by atoms with Crippen molar-refractivity contribution < 1.29 is 8.42 Å². The Morgan fingerprint density at radius 1 is 0.880 bits per heavy atom. The van der Waals surface area contributed by atoms with Crippen LogP contribution in [0.1, 0.15) is 18.5 Å². The summed E-state index contributed by atoms with van der Waals surface area (Å²) in [5.74, 6) is 0. The van der Waals surface area contributed by atoms with E-state index in [1.807, 2.05) is 31.2 Å². The molecule has 0 saturated heterocycles. The molecule has 0 radical (unpaired) electrons. The number of fused-ring (bicyclic) bond motifs is 1. The summed E-state index contributed by atoms with van der Waals surface area (Å²) in [7, 11) is -3.59. The molecule has 7 heteroatoms. The molecule has 1 atom stereocenters. The largest absolute Gasteiger partial charge is 0.267 e. The first-order chi connectivity index (χ1) is 12.1. The molecule has 0 N–H and O–H groups in total. The second-order valence-corrected chi connectivity index (χ2v) is 7.62. The summed E-state index contributed by atoms with van der Waals surface area (Å²) in [5, 5.41) is 8.93. The fraction of sp³-hybridized carbons (Fsp3) is 0.111. The Morgan fingerprint density at radius 3 is 2.12 bits per heavy atom. The number of hydrogen-bond donors (Lipinski definition) is 0. The zero-order valence-electron chi connectivity index (χ0n) is 13.5. The molecule has 6 nitrogen and oxygen atoms in total. The van der Waals surface area contributed by atoms with E-state index in [4.69, 9.17) is 0 Å². The van der Waals surface area contributed by atoms with Crippen molar-refractivity contribution >= 4 is 21.1 Å². The average Bonchev–Trinajstić information content (AvgIpc) is 3.29. The van der Waals surface area contributed by atoms with Gasteiger partial charge in [0, 0.05) is 12.4 Å². The molecule has 2 heterocycles. The van der Waals surface area contributed by atoms with Crippen LogP contribution in [0, 0.1) is 0 Å². The highest BCUT2D eigenvalue weighted by Gasteiger charge is 2.19. The van der Waals surface area contributed by atoms with Gasteiger partial charge in [-0.15, -0.1) is 0 Å². The van der Waals surface area contributed by atoms with Crippen molar-refractivity contribution in [3.05, 3.63) is 78.6 Å². The second kappa shape index (κ2) is 5.86. The first-order valence-corrected chi connectivity index (χ1v) is 9.30. The van der Waals surface area contributed by atoms with Crippen LogP contribution in [-0.2, 0) is 10.0 Å². The SMILES string of the molecule is CC(c1ccn(S(=O)(=O)c2ccccc2)c1)n1nc2ccccc2n1. The molecule has 0 aliphatic rings. The summed E-state index contributed by atoms with van der Waals surface area (Å²) < 4.78 is 26.6. The van der Waals surface area contributed by atoms with Gasteiger partial charge in [-0.3, -0.25) is 0 Å². The van der Waals surface area contributed by atoms with Gasteiger partial charge in [-0.25, -0.2) is 12.4 Å². The zero-order chi connectivity index (χ0) is 17.4. The lowest BCUT2D eigenvalue weighted by atomic mass is 10.2. The predicted molar refractivity (Wildman–Crippen MR) is 94.8 cm³/mol. The highest BCUT2D eigenvalue weighted by Crippen LogP contribution is 2.21. The van der Waals surface area contributed by atoms with Gasteiger partial charge in [0.25, 0.3) is 10.0 Å². The monoisotopic (exact) mass is 352 g/mol. The van der Waals surface area contributed by atoms with E-state index in [0.717, 1.165) is 16.6 Å². The number of rotatable bonds is 4. The molecule has 4 aromatic rings. The van der Waals surface area contributed by atoms with Gasteiger partial charge in [-0.1, -0.05) is 30.3 Å². The number of nitrogens with zero attached hydrogens (tertiary/aromatic N) is 4. The summed E-state index contributed by atoms with van der Waals surface area (Å²) >= 11 is 0. The van der Waals surface area contributed by atoms with Crippen LogP contribution in [-0.4, -0.2) is 27.4 Å². The molecule has 4 rings (SSSR count). The third kappa shape index (κ3) is 2.72. The Hall–Kier alpha value is -2.93. The van der Waals surface area contributed by atoms with Gasteiger partial charge >= 0.3 is 0 Å².